The molecule has 5 unspecified atom stereocenters. The van der Waals surface area contributed by atoms with Crippen molar-refractivity contribution in [2.45, 2.75) is 70.5 Å². The van der Waals surface area contributed by atoms with Crippen LogP contribution in [-0.4, -0.2) is 23.3 Å². The molecule has 0 aromatic heterocycles. The minimum atomic E-state index is -0.506. The summed E-state index contributed by atoms with van der Waals surface area (Å²) >= 11 is 0. The summed E-state index contributed by atoms with van der Waals surface area (Å²) in [4.78, 5) is 11.6. The van der Waals surface area contributed by atoms with Crippen molar-refractivity contribution < 1.29 is 14.6 Å². The van der Waals surface area contributed by atoms with Crippen molar-refractivity contribution >= 4 is 5.97 Å². The van der Waals surface area contributed by atoms with Crippen LogP contribution in [0.2, 0.25) is 0 Å². The summed E-state index contributed by atoms with van der Waals surface area (Å²) in [6.07, 6.45) is 10.3. The SMILES string of the molecule is CC(C1CC(O)CC(=O)O1)C1CCCC2=CCCCC21. The zero-order chi connectivity index (χ0) is 14.1. The Hall–Kier alpha value is -0.830. The van der Waals surface area contributed by atoms with Crippen molar-refractivity contribution in [2.75, 3.05) is 0 Å². The van der Waals surface area contributed by atoms with Gasteiger partial charge in [0.25, 0.3) is 0 Å². The molecule has 0 spiro atoms. The zero-order valence-corrected chi connectivity index (χ0v) is 12.4. The number of hydrogen-bond acceptors (Lipinski definition) is 3. The van der Waals surface area contributed by atoms with Crippen molar-refractivity contribution in [3.63, 3.8) is 0 Å². The standard InChI is InChI=1S/C17H26O3/c1-11(16-9-13(18)10-17(19)20-16)14-8-4-6-12-5-2-3-7-15(12)14/h5,11,13-16,18H,2-4,6-10H2,1H3. The van der Waals surface area contributed by atoms with Gasteiger partial charge in [0.2, 0.25) is 0 Å². The number of allylic oxidation sites excluding steroid dienone is 2. The van der Waals surface area contributed by atoms with Crippen molar-refractivity contribution in [1.29, 1.82) is 0 Å². The number of esters is 1. The molecule has 0 aromatic carbocycles. The molecule has 1 heterocycles. The number of rotatable bonds is 2. The Morgan fingerprint density at radius 2 is 2.20 bits per heavy atom. The highest BCUT2D eigenvalue weighted by molar-refractivity contribution is 5.71. The molecule has 0 radical (unpaired) electrons. The first-order chi connectivity index (χ1) is 9.65. The average Bonchev–Trinajstić information content (AvgIpc) is 2.45. The largest absolute Gasteiger partial charge is 0.462 e. The molecule has 112 valence electrons. The average molecular weight is 278 g/mol. The number of aliphatic hydroxyl groups is 1. The van der Waals surface area contributed by atoms with E-state index >= 15 is 0 Å². The van der Waals surface area contributed by atoms with E-state index in [2.05, 4.69) is 13.0 Å². The van der Waals surface area contributed by atoms with Gasteiger partial charge in [-0.25, -0.2) is 0 Å². The second-order valence-corrected chi connectivity index (χ2v) is 6.85. The fourth-order valence-corrected chi connectivity index (χ4v) is 4.52. The molecule has 1 N–H and O–H groups in total. The minimum absolute atomic E-state index is 0.0856. The van der Waals surface area contributed by atoms with Gasteiger partial charge in [0.1, 0.15) is 6.10 Å². The van der Waals surface area contributed by atoms with E-state index in [1.54, 1.807) is 5.57 Å². The molecule has 3 nitrogen and oxygen atoms in total. The van der Waals surface area contributed by atoms with E-state index in [-0.39, 0.29) is 18.5 Å². The molecule has 3 heteroatoms. The van der Waals surface area contributed by atoms with Crippen molar-refractivity contribution in [1.82, 2.24) is 0 Å². The summed E-state index contributed by atoms with van der Waals surface area (Å²) in [7, 11) is 0. The predicted octanol–water partition coefficient (Wildman–Crippen LogP) is 3.22. The van der Waals surface area contributed by atoms with Crippen LogP contribution in [0.15, 0.2) is 11.6 Å². The molecule has 2 aliphatic carbocycles. The number of hydrogen-bond donors (Lipinski definition) is 1. The van der Waals surface area contributed by atoms with Gasteiger partial charge in [-0.1, -0.05) is 18.6 Å². The van der Waals surface area contributed by atoms with Gasteiger partial charge in [-0.3, -0.25) is 4.79 Å². The lowest BCUT2D eigenvalue weighted by Gasteiger charge is -2.43. The molecule has 1 aliphatic heterocycles. The Bertz CT molecular complexity index is 401. The van der Waals surface area contributed by atoms with Gasteiger partial charge in [-0.2, -0.15) is 0 Å². The highest BCUT2D eigenvalue weighted by atomic mass is 16.5. The van der Waals surface area contributed by atoms with Crippen molar-refractivity contribution in [3.8, 4) is 0 Å². The number of ether oxygens (including phenoxy) is 1. The van der Waals surface area contributed by atoms with Gasteiger partial charge in [0.15, 0.2) is 0 Å². The summed E-state index contributed by atoms with van der Waals surface area (Å²) in [5, 5.41) is 9.82. The van der Waals surface area contributed by atoms with Crippen LogP contribution in [0.1, 0.15) is 58.3 Å². The summed E-state index contributed by atoms with van der Waals surface area (Å²) < 4.78 is 5.53. The van der Waals surface area contributed by atoms with Crippen LogP contribution in [-0.2, 0) is 9.53 Å². The van der Waals surface area contributed by atoms with E-state index in [0.717, 1.165) is 0 Å². The maximum atomic E-state index is 11.6. The highest BCUT2D eigenvalue weighted by Crippen LogP contribution is 2.45. The Kier molecular flexibility index (Phi) is 4.16. The quantitative estimate of drug-likeness (QED) is 0.623. The summed E-state index contributed by atoms with van der Waals surface area (Å²) in [5.41, 5.74) is 1.65. The smallest absolute Gasteiger partial charge is 0.308 e. The zero-order valence-electron chi connectivity index (χ0n) is 12.4. The monoisotopic (exact) mass is 278 g/mol. The minimum Gasteiger partial charge on any atom is -0.462 e. The van der Waals surface area contributed by atoms with Gasteiger partial charge < -0.3 is 9.84 Å². The first kappa shape index (κ1) is 14.1. The molecule has 0 amide bonds. The summed E-state index contributed by atoms with van der Waals surface area (Å²) in [5.74, 6) is 1.46. The maximum absolute atomic E-state index is 11.6. The van der Waals surface area contributed by atoms with E-state index in [1.165, 1.54) is 38.5 Å². The molecule has 3 aliphatic rings. The Balaban J connectivity index is 1.72. The van der Waals surface area contributed by atoms with E-state index in [1.807, 2.05) is 0 Å². The third-order valence-electron chi connectivity index (χ3n) is 5.57. The molecule has 5 atom stereocenters. The first-order valence-corrected chi connectivity index (χ1v) is 8.21. The Morgan fingerprint density at radius 1 is 1.35 bits per heavy atom. The predicted molar refractivity (Wildman–Crippen MR) is 77.0 cm³/mol. The van der Waals surface area contributed by atoms with Crippen LogP contribution >= 0.6 is 0 Å². The van der Waals surface area contributed by atoms with Gasteiger partial charge in [0, 0.05) is 6.42 Å². The fraction of sp³-hybridized carbons (Fsp3) is 0.824. The highest BCUT2D eigenvalue weighted by Gasteiger charge is 2.40. The second kappa shape index (κ2) is 5.88. The lowest BCUT2D eigenvalue weighted by molar-refractivity contribution is -0.166. The van der Waals surface area contributed by atoms with Crippen LogP contribution in [0.5, 0.6) is 0 Å². The van der Waals surface area contributed by atoms with Crippen molar-refractivity contribution in [3.05, 3.63) is 11.6 Å². The molecule has 0 aromatic rings. The van der Waals surface area contributed by atoms with Gasteiger partial charge in [0.05, 0.1) is 12.5 Å². The van der Waals surface area contributed by atoms with E-state index in [9.17, 15) is 9.90 Å². The number of cyclic esters (lactones) is 1. The Morgan fingerprint density at radius 3 is 3.00 bits per heavy atom. The van der Waals surface area contributed by atoms with Crippen LogP contribution in [0.3, 0.4) is 0 Å². The van der Waals surface area contributed by atoms with Crippen LogP contribution in [0.4, 0.5) is 0 Å². The summed E-state index contributed by atoms with van der Waals surface area (Å²) in [6, 6.07) is 0. The number of carbonyl (C=O) groups is 1. The van der Waals surface area contributed by atoms with E-state index in [4.69, 9.17) is 4.74 Å². The molecule has 20 heavy (non-hydrogen) atoms. The Labute approximate surface area is 121 Å². The van der Waals surface area contributed by atoms with Gasteiger partial charge >= 0.3 is 5.97 Å². The summed E-state index contributed by atoms with van der Waals surface area (Å²) in [6.45, 7) is 2.22. The number of carbonyl (C=O) groups excluding carboxylic acids is 1. The first-order valence-electron chi connectivity index (χ1n) is 8.21. The number of fused-ring (bicyclic) bond motifs is 1. The second-order valence-electron chi connectivity index (χ2n) is 6.85. The van der Waals surface area contributed by atoms with E-state index in [0.29, 0.717) is 24.2 Å². The van der Waals surface area contributed by atoms with Gasteiger partial charge in [-0.05, 0) is 56.3 Å². The molecular formula is C17H26O3. The molecule has 1 saturated heterocycles. The lowest BCUT2D eigenvalue weighted by atomic mass is 9.65. The third kappa shape index (κ3) is 2.78. The molecular weight excluding hydrogens is 252 g/mol. The molecule has 1 saturated carbocycles. The van der Waals surface area contributed by atoms with Crippen LogP contribution in [0, 0.1) is 17.8 Å². The topological polar surface area (TPSA) is 46.5 Å². The number of aliphatic hydroxyl groups excluding tert-OH is 1. The normalized spacial score (nSPS) is 39.5. The van der Waals surface area contributed by atoms with E-state index < -0.39 is 6.10 Å². The van der Waals surface area contributed by atoms with Crippen molar-refractivity contribution in [2.24, 2.45) is 17.8 Å². The fourth-order valence-electron chi connectivity index (χ4n) is 4.52. The third-order valence-corrected chi connectivity index (χ3v) is 5.57. The molecule has 3 rings (SSSR count). The molecule has 0 bridgehead atoms. The van der Waals surface area contributed by atoms with Crippen LogP contribution in [0.25, 0.3) is 0 Å². The molecule has 2 fully saturated rings. The lowest BCUT2D eigenvalue weighted by Crippen LogP contribution is -2.42. The van der Waals surface area contributed by atoms with Gasteiger partial charge in [-0.15, -0.1) is 0 Å². The maximum Gasteiger partial charge on any atom is 0.308 e. The van der Waals surface area contributed by atoms with Crippen LogP contribution < -0.4 is 0 Å².